The van der Waals surface area contributed by atoms with Crippen molar-refractivity contribution < 1.29 is 4.79 Å². The lowest BCUT2D eigenvalue weighted by Crippen LogP contribution is -2.12. The lowest BCUT2D eigenvalue weighted by molar-refractivity contribution is -0.116. The van der Waals surface area contributed by atoms with Gasteiger partial charge in [-0.15, -0.1) is 0 Å². The lowest BCUT2D eigenvalue weighted by atomic mass is 10.0. The summed E-state index contributed by atoms with van der Waals surface area (Å²) in [6.07, 6.45) is 0.498. The van der Waals surface area contributed by atoms with Crippen molar-refractivity contribution in [3.63, 3.8) is 0 Å². The normalized spacial score (nSPS) is 10.5. The molecule has 0 saturated carbocycles. The van der Waals surface area contributed by atoms with Crippen molar-refractivity contribution in [3.8, 4) is 0 Å². The van der Waals surface area contributed by atoms with E-state index in [-0.39, 0.29) is 5.78 Å². The van der Waals surface area contributed by atoms with Crippen LogP contribution in [-0.4, -0.2) is 19.9 Å². The molecule has 88 valence electrons. The zero-order chi connectivity index (χ0) is 12.4. The van der Waals surface area contributed by atoms with Crippen molar-refractivity contribution in [2.75, 3.05) is 19.0 Å². The van der Waals surface area contributed by atoms with Gasteiger partial charge in [-0.05, 0) is 35.4 Å². The quantitative estimate of drug-likeness (QED) is 0.803. The van der Waals surface area contributed by atoms with Crippen molar-refractivity contribution in [1.29, 1.82) is 0 Å². The van der Waals surface area contributed by atoms with Crippen molar-refractivity contribution in [2.24, 2.45) is 0 Å². The summed E-state index contributed by atoms with van der Waals surface area (Å²) >= 11 is 0. The summed E-state index contributed by atoms with van der Waals surface area (Å²) in [4.78, 5) is 13.4. The topological polar surface area (TPSA) is 20.3 Å². The average molecular weight is 227 g/mol. The smallest absolute Gasteiger partial charge is 0.134 e. The van der Waals surface area contributed by atoms with E-state index in [0.29, 0.717) is 6.42 Å². The Morgan fingerprint density at radius 3 is 2.24 bits per heavy atom. The van der Waals surface area contributed by atoms with Crippen LogP contribution < -0.4 is 4.90 Å². The molecule has 0 atom stereocenters. The number of benzene rings is 2. The van der Waals surface area contributed by atoms with E-state index in [2.05, 4.69) is 29.2 Å². The Kier molecular flexibility index (Phi) is 3.14. The van der Waals surface area contributed by atoms with Gasteiger partial charge in [-0.2, -0.15) is 0 Å². The molecular formula is C15H17NO. The van der Waals surface area contributed by atoms with E-state index >= 15 is 0 Å². The largest absolute Gasteiger partial charge is 0.377 e. The van der Waals surface area contributed by atoms with Gasteiger partial charge in [-0.3, -0.25) is 4.79 Å². The summed E-state index contributed by atoms with van der Waals surface area (Å²) in [5.41, 5.74) is 2.22. The Morgan fingerprint density at radius 1 is 1.12 bits per heavy atom. The number of carbonyl (C=O) groups excluding carboxylic acids is 1. The van der Waals surface area contributed by atoms with Crippen LogP contribution in [0, 0.1) is 0 Å². The molecule has 2 heteroatoms. The molecule has 0 aliphatic carbocycles. The van der Waals surface area contributed by atoms with Crippen molar-refractivity contribution >= 4 is 22.2 Å². The number of hydrogen-bond acceptors (Lipinski definition) is 2. The predicted octanol–water partition coefficient (Wildman–Crippen LogP) is 3.04. The third-order valence-corrected chi connectivity index (χ3v) is 2.87. The van der Waals surface area contributed by atoms with Gasteiger partial charge >= 0.3 is 0 Å². The first-order chi connectivity index (χ1) is 8.08. The number of carbonyl (C=O) groups is 1. The maximum absolute atomic E-state index is 11.3. The van der Waals surface area contributed by atoms with Crippen LogP contribution in [0.5, 0.6) is 0 Å². The van der Waals surface area contributed by atoms with Gasteiger partial charge in [0.2, 0.25) is 0 Å². The molecule has 0 aromatic heterocycles. The highest BCUT2D eigenvalue weighted by Gasteiger charge is 2.08. The molecule has 0 heterocycles. The molecule has 0 amide bonds. The van der Waals surface area contributed by atoms with E-state index in [1.807, 2.05) is 26.2 Å². The Labute approximate surface area is 102 Å². The standard InChI is InChI=1S/C15H17NO/c1-11(17)8-14-9-12-6-4-5-7-13(12)10-15(14)16(2)3/h4-7,9-10H,8H2,1-3H3. The fraction of sp³-hybridized carbons (Fsp3) is 0.267. The third-order valence-electron chi connectivity index (χ3n) is 2.87. The highest BCUT2D eigenvalue weighted by atomic mass is 16.1. The summed E-state index contributed by atoms with van der Waals surface area (Å²) < 4.78 is 0. The number of nitrogens with zero attached hydrogens (tertiary/aromatic N) is 1. The van der Waals surface area contributed by atoms with Gasteiger partial charge in [-0.1, -0.05) is 24.3 Å². The van der Waals surface area contributed by atoms with E-state index in [1.165, 1.54) is 10.8 Å². The van der Waals surface area contributed by atoms with Crippen LogP contribution in [0.2, 0.25) is 0 Å². The monoisotopic (exact) mass is 227 g/mol. The molecule has 0 fully saturated rings. The second kappa shape index (κ2) is 4.58. The number of hydrogen-bond donors (Lipinski definition) is 0. The van der Waals surface area contributed by atoms with Gasteiger partial charge in [0, 0.05) is 26.2 Å². The molecule has 0 aliphatic heterocycles. The number of rotatable bonds is 3. The summed E-state index contributed by atoms with van der Waals surface area (Å²) in [5.74, 6) is 0.198. The van der Waals surface area contributed by atoms with Crippen LogP contribution in [0.25, 0.3) is 10.8 Å². The number of fused-ring (bicyclic) bond motifs is 1. The molecule has 0 unspecified atom stereocenters. The fourth-order valence-electron chi connectivity index (χ4n) is 2.10. The molecule has 0 N–H and O–H groups in total. The summed E-state index contributed by atoms with van der Waals surface area (Å²) in [5, 5.41) is 2.40. The highest BCUT2D eigenvalue weighted by Crippen LogP contribution is 2.26. The third kappa shape index (κ3) is 2.47. The second-order valence-corrected chi connectivity index (χ2v) is 4.60. The SMILES string of the molecule is CC(=O)Cc1cc2ccccc2cc1N(C)C. The minimum Gasteiger partial charge on any atom is -0.377 e. The van der Waals surface area contributed by atoms with E-state index < -0.39 is 0 Å². The van der Waals surface area contributed by atoms with Gasteiger partial charge in [-0.25, -0.2) is 0 Å². The first-order valence-corrected chi connectivity index (χ1v) is 5.76. The maximum Gasteiger partial charge on any atom is 0.134 e. The first kappa shape index (κ1) is 11.6. The van der Waals surface area contributed by atoms with Crippen molar-refractivity contribution in [2.45, 2.75) is 13.3 Å². The number of ketones is 1. The van der Waals surface area contributed by atoms with Gasteiger partial charge in [0.15, 0.2) is 0 Å². The molecular weight excluding hydrogens is 210 g/mol. The molecule has 0 radical (unpaired) electrons. The van der Waals surface area contributed by atoms with Crippen LogP contribution in [0.3, 0.4) is 0 Å². The van der Waals surface area contributed by atoms with Gasteiger partial charge < -0.3 is 4.90 Å². The molecule has 2 rings (SSSR count). The number of anilines is 1. The summed E-state index contributed by atoms with van der Waals surface area (Å²) in [7, 11) is 4.02. The van der Waals surface area contributed by atoms with E-state index in [4.69, 9.17) is 0 Å². The predicted molar refractivity (Wildman–Crippen MR) is 72.7 cm³/mol. The molecule has 2 aromatic rings. The second-order valence-electron chi connectivity index (χ2n) is 4.60. The Morgan fingerprint density at radius 2 is 1.71 bits per heavy atom. The zero-order valence-electron chi connectivity index (χ0n) is 10.5. The van der Waals surface area contributed by atoms with Crippen molar-refractivity contribution in [1.82, 2.24) is 0 Å². The van der Waals surface area contributed by atoms with Crippen LogP contribution in [0.4, 0.5) is 5.69 Å². The van der Waals surface area contributed by atoms with Crippen molar-refractivity contribution in [3.05, 3.63) is 42.0 Å². The number of Topliss-reactive ketones (excluding diaryl/α,β-unsaturated/α-hetero) is 1. The molecule has 0 aliphatic rings. The van der Waals surface area contributed by atoms with Crippen LogP contribution in [0.1, 0.15) is 12.5 Å². The summed E-state index contributed by atoms with van der Waals surface area (Å²) in [6, 6.07) is 12.5. The maximum atomic E-state index is 11.3. The van der Waals surface area contributed by atoms with Gasteiger partial charge in [0.1, 0.15) is 5.78 Å². The molecule has 2 aromatic carbocycles. The first-order valence-electron chi connectivity index (χ1n) is 5.76. The minimum absolute atomic E-state index is 0.198. The zero-order valence-corrected chi connectivity index (χ0v) is 10.5. The van der Waals surface area contributed by atoms with Crippen LogP contribution in [-0.2, 0) is 11.2 Å². The molecule has 17 heavy (non-hydrogen) atoms. The van der Waals surface area contributed by atoms with Crippen LogP contribution >= 0.6 is 0 Å². The molecule has 0 spiro atoms. The highest BCUT2D eigenvalue weighted by molar-refractivity contribution is 5.90. The Balaban J connectivity index is 2.61. The average Bonchev–Trinajstić information content (AvgIpc) is 2.27. The Hall–Kier alpha value is -1.83. The minimum atomic E-state index is 0.198. The lowest BCUT2D eigenvalue weighted by Gasteiger charge is -2.18. The molecule has 2 nitrogen and oxygen atoms in total. The Bertz CT molecular complexity index is 558. The van der Waals surface area contributed by atoms with E-state index in [1.54, 1.807) is 6.92 Å². The van der Waals surface area contributed by atoms with E-state index in [0.717, 1.165) is 11.3 Å². The van der Waals surface area contributed by atoms with Gasteiger partial charge in [0.05, 0.1) is 0 Å². The molecule has 0 saturated heterocycles. The van der Waals surface area contributed by atoms with Crippen LogP contribution in [0.15, 0.2) is 36.4 Å². The van der Waals surface area contributed by atoms with E-state index in [9.17, 15) is 4.79 Å². The fourth-order valence-corrected chi connectivity index (χ4v) is 2.10. The van der Waals surface area contributed by atoms with Gasteiger partial charge in [0.25, 0.3) is 0 Å². The summed E-state index contributed by atoms with van der Waals surface area (Å²) in [6.45, 7) is 1.63. The molecule has 0 bridgehead atoms.